The van der Waals surface area contributed by atoms with Crippen molar-refractivity contribution in [1.82, 2.24) is 19.7 Å². The molecule has 0 N–H and O–H groups in total. The first-order valence-electron chi connectivity index (χ1n) is 10.8. The van der Waals surface area contributed by atoms with Crippen LogP contribution in [-0.4, -0.2) is 64.9 Å². The van der Waals surface area contributed by atoms with Crippen LogP contribution in [0.2, 0.25) is 0 Å². The van der Waals surface area contributed by atoms with E-state index >= 15 is 0 Å². The first kappa shape index (κ1) is 20.5. The fraction of sp³-hybridized carbons (Fsp3) is 0.565. The van der Waals surface area contributed by atoms with Gasteiger partial charge in [-0.25, -0.2) is 0 Å². The van der Waals surface area contributed by atoms with Crippen molar-refractivity contribution in [3.05, 3.63) is 52.5 Å². The number of hydrogen-bond acceptors (Lipinski definition) is 5. The Morgan fingerprint density at radius 2 is 2.07 bits per heavy atom. The summed E-state index contributed by atoms with van der Waals surface area (Å²) in [5, 5.41) is 2.08. The molecule has 1 unspecified atom stereocenters. The highest BCUT2D eigenvalue weighted by Gasteiger charge is 2.32. The normalized spacial score (nSPS) is 21.9. The molecule has 0 bridgehead atoms. The number of rotatable bonds is 6. The van der Waals surface area contributed by atoms with E-state index in [4.69, 9.17) is 0 Å². The van der Waals surface area contributed by atoms with Gasteiger partial charge in [0.2, 0.25) is 5.91 Å². The van der Waals surface area contributed by atoms with Crippen LogP contribution in [0, 0.1) is 5.92 Å². The maximum atomic E-state index is 13.0. The summed E-state index contributed by atoms with van der Waals surface area (Å²) >= 11 is 1.73. The highest BCUT2D eigenvalue weighted by atomic mass is 32.1. The third-order valence-electron chi connectivity index (χ3n) is 6.35. The molecule has 0 saturated carbocycles. The molecule has 0 spiro atoms. The van der Waals surface area contributed by atoms with Crippen LogP contribution in [0.5, 0.6) is 0 Å². The number of hydrogen-bond donors (Lipinski definition) is 0. The van der Waals surface area contributed by atoms with Crippen LogP contribution in [-0.2, 0) is 17.9 Å². The Hall–Kier alpha value is -1.76. The summed E-state index contributed by atoms with van der Waals surface area (Å²) in [7, 11) is 1.96. The Bertz CT molecular complexity index is 758. The van der Waals surface area contributed by atoms with Crippen LogP contribution < -0.4 is 0 Å². The molecule has 5 nitrogen and oxygen atoms in total. The Labute approximate surface area is 178 Å². The fourth-order valence-electron chi connectivity index (χ4n) is 4.76. The summed E-state index contributed by atoms with van der Waals surface area (Å²) in [6.45, 7) is 6.07. The summed E-state index contributed by atoms with van der Waals surface area (Å²) in [6, 6.07) is 8.97. The summed E-state index contributed by atoms with van der Waals surface area (Å²) < 4.78 is 0. The van der Waals surface area contributed by atoms with E-state index in [0.29, 0.717) is 11.9 Å². The van der Waals surface area contributed by atoms with Crippen LogP contribution in [0.15, 0.2) is 42.0 Å². The molecule has 6 heteroatoms. The zero-order chi connectivity index (χ0) is 20.1. The summed E-state index contributed by atoms with van der Waals surface area (Å²) in [5.41, 5.74) is 1.29. The van der Waals surface area contributed by atoms with Crippen molar-refractivity contribution >= 4 is 17.2 Å². The second-order valence-electron chi connectivity index (χ2n) is 8.48. The van der Waals surface area contributed by atoms with E-state index in [1.165, 1.54) is 23.3 Å². The number of piperidine rings is 2. The maximum absolute atomic E-state index is 13.0. The third kappa shape index (κ3) is 5.44. The lowest BCUT2D eigenvalue weighted by Gasteiger charge is -2.42. The van der Waals surface area contributed by atoms with E-state index < -0.39 is 0 Å². The molecule has 1 atom stereocenters. The number of amides is 1. The highest BCUT2D eigenvalue weighted by Crippen LogP contribution is 2.26. The Kier molecular flexibility index (Phi) is 6.95. The maximum Gasteiger partial charge on any atom is 0.227 e. The molecule has 0 aromatic carbocycles. The second kappa shape index (κ2) is 9.83. The summed E-state index contributed by atoms with van der Waals surface area (Å²) in [6.07, 6.45) is 8.38. The third-order valence-corrected chi connectivity index (χ3v) is 7.22. The van der Waals surface area contributed by atoms with E-state index in [1.807, 2.05) is 30.4 Å². The lowest BCUT2D eigenvalue weighted by atomic mass is 9.93. The molecule has 0 aliphatic carbocycles. The van der Waals surface area contributed by atoms with Gasteiger partial charge in [-0.1, -0.05) is 12.1 Å². The SMILES string of the molecule is CN(Cc1cccs1)C(=O)C1CCCN(C2CCN(Cc3cccnc3)CC2)C1. The summed E-state index contributed by atoms with van der Waals surface area (Å²) in [4.78, 5) is 25.6. The number of thiophene rings is 1. The van der Waals surface area contributed by atoms with E-state index in [2.05, 4.69) is 38.4 Å². The van der Waals surface area contributed by atoms with Gasteiger partial charge in [-0.2, -0.15) is 0 Å². The minimum Gasteiger partial charge on any atom is -0.340 e. The number of carbonyl (C=O) groups excluding carboxylic acids is 1. The molecule has 0 radical (unpaired) electrons. The first-order valence-corrected chi connectivity index (χ1v) is 11.7. The minimum atomic E-state index is 0.155. The number of aromatic nitrogens is 1. The van der Waals surface area contributed by atoms with E-state index in [9.17, 15) is 4.79 Å². The highest BCUT2D eigenvalue weighted by molar-refractivity contribution is 7.09. The molecule has 156 valence electrons. The molecule has 2 aliphatic heterocycles. The van der Waals surface area contributed by atoms with Crippen molar-refractivity contribution in [3.63, 3.8) is 0 Å². The zero-order valence-corrected chi connectivity index (χ0v) is 18.2. The number of pyridine rings is 1. The van der Waals surface area contributed by atoms with Crippen molar-refractivity contribution < 1.29 is 4.79 Å². The predicted octanol–water partition coefficient (Wildman–Crippen LogP) is 3.48. The molecule has 2 aromatic rings. The molecule has 2 aromatic heterocycles. The zero-order valence-electron chi connectivity index (χ0n) is 17.4. The first-order chi connectivity index (χ1) is 14.2. The van der Waals surface area contributed by atoms with Gasteiger partial charge >= 0.3 is 0 Å². The average Bonchev–Trinajstić information content (AvgIpc) is 3.27. The van der Waals surface area contributed by atoms with Crippen LogP contribution in [0.1, 0.15) is 36.1 Å². The fourth-order valence-corrected chi connectivity index (χ4v) is 5.52. The van der Waals surface area contributed by atoms with Crippen LogP contribution in [0.3, 0.4) is 0 Å². The Morgan fingerprint density at radius 1 is 1.21 bits per heavy atom. The monoisotopic (exact) mass is 412 g/mol. The van der Waals surface area contributed by atoms with Gasteiger partial charge in [0.1, 0.15) is 0 Å². The number of nitrogens with zero attached hydrogens (tertiary/aromatic N) is 4. The second-order valence-corrected chi connectivity index (χ2v) is 9.51. The molecule has 2 fully saturated rings. The van der Waals surface area contributed by atoms with E-state index in [-0.39, 0.29) is 5.92 Å². The van der Waals surface area contributed by atoms with Crippen LogP contribution in [0.25, 0.3) is 0 Å². The standard InChI is InChI=1S/C23H32N4OS/c1-25(18-22-7-4-14-29-22)23(28)20-6-3-11-27(17-20)21-8-12-26(13-9-21)16-19-5-2-10-24-15-19/h2,4-5,7,10,14-15,20-21H,3,6,8-9,11-13,16-18H2,1H3. The number of likely N-dealkylation sites (tertiary alicyclic amines) is 2. The van der Waals surface area contributed by atoms with Crippen molar-refractivity contribution in [3.8, 4) is 0 Å². The molecular formula is C23H32N4OS. The van der Waals surface area contributed by atoms with Gasteiger partial charge in [-0.05, 0) is 68.4 Å². The number of carbonyl (C=O) groups is 1. The van der Waals surface area contributed by atoms with Gasteiger partial charge in [0.25, 0.3) is 0 Å². The largest absolute Gasteiger partial charge is 0.340 e. The molecule has 4 heterocycles. The minimum absolute atomic E-state index is 0.155. The molecule has 29 heavy (non-hydrogen) atoms. The molecule has 2 aliphatic rings. The molecule has 1 amide bonds. The van der Waals surface area contributed by atoms with Crippen molar-refractivity contribution in [2.24, 2.45) is 5.92 Å². The van der Waals surface area contributed by atoms with Crippen molar-refractivity contribution in [2.45, 2.75) is 44.8 Å². The van der Waals surface area contributed by atoms with Crippen LogP contribution in [0.4, 0.5) is 0 Å². The van der Waals surface area contributed by atoms with Gasteiger partial charge in [-0.15, -0.1) is 11.3 Å². The lowest BCUT2D eigenvalue weighted by Crippen LogP contribution is -2.50. The van der Waals surface area contributed by atoms with Gasteiger partial charge in [0.05, 0.1) is 12.5 Å². The Morgan fingerprint density at radius 3 is 2.79 bits per heavy atom. The lowest BCUT2D eigenvalue weighted by molar-refractivity contribution is -0.137. The Balaban J connectivity index is 1.26. The topological polar surface area (TPSA) is 39.7 Å². The van der Waals surface area contributed by atoms with Gasteiger partial charge in [-0.3, -0.25) is 19.6 Å². The molecular weight excluding hydrogens is 380 g/mol. The van der Waals surface area contributed by atoms with Gasteiger partial charge < -0.3 is 4.90 Å². The van der Waals surface area contributed by atoms with Gasteiger partial charge in [0, 0.05) is 43.4 Å². The van der Waals surface area contributed by atoms with E-state index in [1.54, 1.807) is 11.3 Å². The van der Waals surface area contributed by atoms with E-state index in [0.717, 1.165) is 52.1 Å². The van der Waals surface area contributed by atoms with Crippen molar-refractivity contribution in [1.29, 1.82) is 0 Å². The quantitative estimate of drug-likeness (QED) is 0.728. The molecule has 4 rings (SSSR count). The van der Waals surface area contributed by atoms with Gasteiger partial charge in [0.15, 0.2) is 0 Å². The smallest absolute Gasteiger partial charge is 0.227 e. The average molecular weight is 413 g/mol. The van der Waals surface area contributed by atoms with Crippen LogP contribution >= 0.6 is 11.3 Å². The predicted molar refractivity (Wildman–Crippen MR) is 118 cm³/mol. The van der Waals surface area contributed by atoms with Crippen molar-refractivity contribution in [2.75, 3.05) is 33.2 Å². The molecule has 2 saturated heterocycles. The summed E-state index contributed by atoms with van der Waals surface area (Å²) in [5.74, 6) is 0.472.